The van der Waals surface area contributed by atoms with E-state index in [1.807, 2.05) is 0 Å². The first-order chi connectivity index (χ1) is 21.6. The van der Waals surface area contributed by atoms with Gasteiger partial charge < -0.3 is 14.6 Å². The van der Waals surface area contributed by atoms with Gasteiger partial charge in [-0.1, -0.05) is 134 Å². The molecule has 0 aliphatic carbocycles. The van der Waals surface area contributed by atoms with Crippen molar-refractivity contribution in [2.24, 2.45) is 0 Å². The van der Waals surface area contributed by atoms with E-state index in [1.165, 1.54) is 96.3 Å². The highest BCUT2D eigenvalue weighted by atomic mass is 16.6. The summed E-state index contributed by atoms with van der Waals surface area (Å²) in [5.74, 6) is -0.610. The van der Waals surface area contributed by atoms with E-state index in [4.69, 9.17) is 9.47 Å². The molecule has 0 rings (SSSR count). The van der Waals surface area contributed by atoms with Gasteiger partial charge in [-0.3, -0.25) is 9.59 Å². The van der Waals surface area contributed by atoms with Crippen molar-refractivity contribution in [3.8, 4) is 0 Å². The third kappa shape index (κ3) is 33.0. The van der Waals surface area contributed by atoms with Crippen LogP contribution in [-0.2, 0) is 19.1 Å². The van der Waals surface area contributed by atoms with Crippen molar-refractivity contribution in [3.05, 3.63) is 36.5 Å². The number of carbonyl (C=O) groups excluding carboxylic acids is 2. The third-order valence-corrected chi connectivity index (χ3v) is 7.91. The zero-order valence-electron chi connectivity index (χ0n) is 28.9. The molecule has 0 amide bonds. The van der Waals surface area contributed by atoms with Crippen molar-refractivity contribution in [2.45, 2.75) is 187 Å². The lowest BCUT2D eigenvalue weighted by atomic mass is 10.1. The molecule has 1 N–H and O–H groups in total. The molecule has 0 fully saturated rings. The molecule has 0 saturated heterocycles. The highest BCUT2D eigenvalue weighted by Gasteiger charge is 2.16. The predicted octanol–water partition coefficient (Wildman–Crippen LogP) is 11.3. The lowest BCUT2D eigenvalue weighted by Gasteiger charge is -2.15. The van der Waals surface area contributed by atoms with Gasteiger partial charge in [-0.2, -0.15) is 0 Å². The smallest absolute Gasteiger partial charge is 0.306 e. The summed E-state index contributed by atoms with van der Waals surface area (Å²) in [6.45, 7) is 4.07. The molecule has 0 aromatic carbocycles. The normalized spacial score (nSPS) is 12.5. The molecule has 256 valence electrons. The molecule has 5 heteroatoms. The van der Waals surface area contributed by atoms with Gasteiger partial charge in [0.15, 0.2) is 6.10 Å². The second kappa shape index (κ2) is 35.6. The molecule has 1 atom stereocenters. The second-order valence-corrected chi connectivity index (χ2v) is 12.3. The number of aliphatic hydroxyl groups excluding tert-OH is 1. The summed E-state index contributed by atoms with van der Waals surface area (Å²) in [4.78, 5) is 24.2. The lowest BCUT2D eigenvalue weighted by molar-refractivity contribution is -0.161. The SMILES string of the molecule is CCCCCC=CCC=CCCCCCCCCCC(=O)OC(CO)COC(=O)CCCCCCCC=CCCCCCC. The van der Waals surface area contributed by atoms with Crippen molar-refractivity contribution >= 4 is 11.9 Å². The summed E-state index contributed by atoms with van der Waals surface area (Å²) in [6.07, 6.45) is 41.9. The van der Waals surface area contributed by atoms with Crippen LogP contribution in [0.3, 0.4) is 0 Å². The van der Waals surface area contributed by atoms with Gasteiger partial charge in [0, 0.05) is 12.8 Å². The zero-order chi connectivity index (χ0) is 32.2. The summed E-state index contributed by atoms with van der Waals surface area (Å²) in [5, 5.41) is 9.53. The first-order valence-corrected chi connectivity index (χ1v) is 18.5. The van der Waals surface area contributed by atoms with Crippen LogP contribution in [0.15, 0.2) is 36.5 Å². The minimum absolute atomic E-state index is 0.0726. The molecular weight excluding hydrogens is 548 g/mol. The molecule has 0 bridgehead atoms. The van der Waals surface area contributed by atoms with Gasteiger partial charge >= 0.3 is 11.9 Å². The van der Waals surface area contributed by atoms with Crippen LogP contribution in [0.25, 0.3) is 0 Å². The highest BCUT2D eigenvalue weighted by Crippen LogP contribution is 2.12. The van der Waals surface area contributed by atoms with Gasteiger partial charge in [0.2, 0.25) is 0 Å². The molecular formula is C39H70O5. The standard InChI is InChI=1S/C39H70O5/c1-3-5-7-9-11-13-15-17-18-19-20-22-24-26-28-30-32-34-39(42)44-37(35-40)36-43-38(41)33-31-29-27-25-23-21-16-14-12-10-8-6-4-2/h11,13-14,16-18,37,40H,3-10,12,15,19-36H2,1-2H3. The minimum Gasteiger partial charge on any atom is -0.462 e. The van der Waals surface area contributed by atoms with Gasteiger partial charge in [-0.15, -0.1) is 0 Å². The summed E-state index contributed by atoms with van der Waals surface area (Å²) in [7, 11) is 0. The van der Waals surface area contributed by atoms with Crippen LogP contribution in [0.1, 0.15) is 181 Å². The summed E-state index contributed by atoms with van der Waals surface area (Å²) in [5.41, 5.74) is 0. The third-order valence-electron chi connectivity index (χ3n) is 7.91. The van der Waals surface area contributed by atoms with Crippen LogP contribution >= 0.6 is 0 Å². The molecule has 0 aromatic heterocycles. The Bertz CT molecular complexity index is 711. The average molecular weight is 619 g/mol. The molecule has 0 aliphatic heterocycles. The molecule has 0 aromatic rings. The number of ether oxygens (including phenoxy) is 2. The number of aliphatic hydroxyl groups is 1. The monoisotopic (exact) mass is 619 g/mol. The van der Waals surface area contributed by atoms with Crippen molar-refractivity contribution in [1.82, 2.24) is 0 Å². The predicted molar refractivity (Wildman–Crippen MR) is 187 cm³/mol. The molecule has 44 heavy (non-hydrogen) atoms. The van der Waals surface area contributed by atoms with E-state index in [2.05, 4.69) is 50.3 Å². The van der Waals surface area contributed by atoms with Gasteiger partial charge in [-0.05, 0) is 70.6 Å². The second-order valence-electron chi connectivity index (χ2n) is 12.3. The van der Waals surface area contributed by atoms with Crippen LogP contribution in [0.4, 0.5) is 0 Å². The van der Waals surface area contributed by atoms with Crippen LogP contribution < -0.4 is 0 Å². The Kier molecular flexibility index (Phi) is 34.1. The molecule has 1 unspecified atom stereocenters. The van der Waals surface area contributed by atoms with Gasteiger partial charge in [-0.25, -0.2) is 0 Å². The summed E-state index contributed by atoms with van der Waals surface area (Å²) >= 11 is 0. The van der Waals surface area contributed by atoms with Gasteiger partial charge in [0.05, 0.1) is 6.61 Å². The minimum atomic E-state index is -0.776. The Morgan fingerprint density at radius 3 is 1.41 bits per heavy atom. The molecule has 0 saturated carbocycles. The van der Waals surface area contributed by atoms with E-state index in [9.17, 15) is 14.7 Å². The fourth-order valence-corrected chi connectivity index (χ4v) is 5.05. The van der Waals surface area contributed by atoms with Crippen LogP contribution in [0.5, 0.6) is 0 Å². The van der Waals surface area contributed by atoms with E-state index >= 15 is 0 Å². The van der Waals surface area contributed by atoms with E-state index in [-0.39, 0.29) is 25.2 Å². The fourth-order valence-electron chi connectivity index (χ4n) is 5.05. The Balaban J connectivity index is 3.59. The van der Waals surface area contributed by atoms with Crippen molar-refractivity contribution in [1.29, 1.82) is 0 Å². The molecule has 0 heterocycles. The van der Waals surface area contributed by atoms with E-state index in [0.29, 0.717) is 12.8 Å². The quantitative estimate of drug-likeness (QED) is 0.0450. The molecule has 0 radical (unpaired) electrons. The maximum atomic E-state index is 12.1. The van der Waals surface area contributed by atoms with Crippen molar-refractivity contribution in [3.63, 3.8) is 0 Å². The maximum absolute atomic E-state index is 12.1. The number of esters is 2. The molecule has 5 nitrogen and oxygen atoms in total. The van der Waals surface area contributed by atoms with Crippen LogP contribution in [0, 0.1) is 0 Å². The lowest BCUT2D eigenvalue weighted by Crippen LogP contribution is -2.28. The number of carbonyl (C=O) groups is 2. The number of unbranched alkanes of at least 4 members (excludes halogenated alkanes) is 19. The van der Waals surface area contributed by atoms with Crippen molar-refractivity contribution in [2.75, 3.05) is 13.2 Å². The number of allylic oxidation sites excluding steroid dienone is 6. The first kappa shape index (κ1) is 42.1. The Morgan fingerprint density at radius 2 is 0.909 bits per heavy atom. The topological polar surface area (TPSA) is 72.8 Å². The zero-order valence-corrected chi connectivity index (χ0v) is 28.9. The summed E-state index contributed by atoms with van der Waals surface area (Å²) < 4.78 is 10.6. The largest absolute Gasteiger partial charge is 0.462 e. The molecule has 0 spiro atoms. The van der Waals surface area contributed by atoms with Crippen LogP contribution in [0.2, 0.25) is 0 Å². The average Bonchev–Trinajstić information content (AvgIpc) is 3.02. The van der Waals surface area contributed by atoms with E-state index in [1.54, 1.807) is 0 Å². The van der Waals surface area contributed by atoms with Gasteiger partial charge in [0.1, 0.15) is 6.61 Å². The number of hydrogen-bond acceptors (Lipinski definition) is 5. The van der Waals surface area contributed by atoms with Gasteiger partial charge in [0.25, 0.3) is 0 Å². The number of rotatable bonds is 33. The van der Waals surface area contributed by atoms with E-state index < -0.39 is 6.10 Å². The van der Waals surface area contributed by atoms with E-state index in [0.717, 1.165) is 57.8 Å². The highest BCUT2D eigenvalue weighted by molar-refractivity contribution is 5.70. The number of hydrogen-bond donors (Lipinski definition) is 1. The molecule has 0 aliphatic rings. The Labute approximate surface area is 272 Å². The van der Waals surface area contributed by atoms with Crippen molar-refractivity contribution < 1.29 is 24.2 Å². The van der Waals surface area contributed by atoms with Crippen LogP contribution in [-0.4, -0.2) is 36.4 Å². The maximum Gasteiger partial charge on any atom is 0.306 e. The first-order valence-electron chi connectivity index (χ1n) is 18.5. The Morgan fingerprint density at radius 1 is 0.523 bits per heavy atom. The fraction of sp³-hybridized carbons (Fsp3) is 0.795. The Hall–Kier alpha value is -1.88. The summed E-state index contributed by atoms with van der Waals surface area (Å²) in [6, 6.07) is 0.